The van der Waals surface area contributed by atoms with Crippen molar-refractivity contribution >= 4 is 17.7 Å². The summed E-state index contributed by atoms with van der Waals surface area (Å²) in [5.41, 5.74) is 1.54. The minimum absolute atomic E-state index is 0.0814. The molecule has 1 saturated heterocycles. The van der Waals surface area contributed by atoms with Crippen molar-refractivity contribution in [3.63, 3.8) is 0 Å². The van der Waals surface area contributed by atoms with Crippen molar-refractivity contribution in [2.24, 2.45) is 5.92 Å². The molecule has 224 valence electrons. The Bertz CT molecular complexity index is 1450. The van der Waals surface area contributed by atoms with Gasteiger partial charge in [-0.15, -0.1) is 0 Å². The number of aryl methyl sites for hydroxylation is 2. The third-order valence-corrected chi connectivity index (χ3v) is 7.83. The van der Waals surface area contributed by atoms with Crippen LogP contribution in [0.3, 0.4) is 0 Å². The van der Waals surface area contributed by atoms with E-state index >= 15 is 0 Å². The lowest BCUT2D eigenvalue weighted by Gasteiger charge is -2.25. The summed E-state index contributed by atoms with van der Waals surface area (Å²) in [6.07, 6.45) is 1.55. The first-order chi connectivity index (χ1) is 20.2. The average Bonchev–Trinajstić information content (AvgIpc) is 3.72. The number of carbonyl (C=O) groups is 3. The zero-order chi connectivity index (χ0) is 30.0. The third-order valence-electron chi connectivity index (χ3n) is 7.83. The van der Waals surface area contributed by atoms with Gasteiger partial charge in [-0.25, -0.2) is 0 Å². The molecule has 1 N–H and O–H groups in total. The first-order valence-electron chi connectivity index (χ1n) is 13.7. The summed E-state index contributed by atoms with van der Waals surface area (Å²) in [6.45, 7) is 1.69. The highest BCUT2D eigenvalue weighted by Crippen LogP contribution is 2.38. The molecule has 0 radical (unpaired) electrons. The van der Waals surface area contributed by atoms with Crippen molar-refractivity contribution in [2.75, 3.05) is 46.4 Å². The monoisotopic (exact) mass is 585 g/mol. The number of nitrogens with one attached hydrogen (secondary N) is 1. The number of methoxy groups -OCH3 is 1. The first kappa shape index (κ1) is 29.1. The Balaban J connectivity index is 1.42. The molecule has 2 aliphatic heterocycles. The van der Waals surface area contributed by atoms with Gasteiger partial charge in [-0.3, -0.25) is 19.0 Å². The average molecular weight is 586 g/mol. The van der Waals surface area contributed by atoms with Crippen LogP contribution >= 0.6 is 0 Å². The van der Waals surface area contributed by atoms with Gasteiger partial charge in [0.25, 0.3) is 11.8 Å². The predicted octanol–water partition coefficient (Wildman–Crippen LogP) is 3.39. The highest BCUT2D eigenvalue weighted by molar-refractivity contribution is 5.97. The molecule has 2 atom stereocenters. The number of alkyl halides is 2. The normalized spacial score (nSPS) is 19.6. The molecule has 11 nitrogen and oxygen atoms in total. The van der Waals surface area contributed by atoms with Crippen LogP contribution in [0.15, 0.2) is 41.1 Å². The lowest BCUT2D eigenvalue weighted by molar-refractivity contribution is -0.124. The summed E-state index contributed by atoms with van der Waals surface area (Å²) < 4.78 is 44.3. The van der Waals surface area contributed by atoms with Gasteiger partial charge in [0.2, 0.25) is 5.91 Å². The second-order valence-corrected chi connectivity index (χ2v) is 10.4. The summed E-state index contributed by atoms with van der Waals surface area (Å²) in [5.74, 6) is -0.627. The Labute approximate surface area is 241 Å². The number of benzene rings is 1. The highest BCUT2D eigenvalue weighted by Gasteiger charge is 2.42. The van der Waals surface area contributed by atoms with Gasteiger partial charge in [-0.2, -0.15) is 8.78 Å². The van der Waals surface area contributed by atoms with Crippen LogP contribution in [-0.2, 0) is 4.79 Å². The van der Waals surface area contributed by atoms with Gasteiger partial charge in [0.05, 0.1) is 25.3 Å². The minimum Gasteiger partial charge on any atom is -0.493 e. The van der Waals surface area contributed by atoms with E-state index in [4.69, 9.17) is 14.0 Å². The molecule has 13 heteroatoms. The third kappa shape index (κ3) is 5.68. The largest absolute Gasteiger partial charge is 0.493 e. The Morgan fingerprint density at radius 3 is 2.60 bits per heavy atom. The number of aromatic nitrogens is 2. The second-order valence-electron chi connectivity index (χ2n) is 10.4. The van der Waals surface area contributed by atoms with Crippen molar-refractivity contribution in [3.05, 3.63) is 64.8 Å². The quantitative estimate of drug-likeness (QED) is 0.499. The molecule has 1 fully saturated rings. The number of halogens is 2. The van der Waals surface area contributed by atoms with Crippen LogP contribution in [0.4, 0.5) is 8.78 Å². The molecule has 0 spiro atoms. The van der Waals surface area contributed by atoms with Crippen molar-refractivity contribution in [2.45, 2.75) is 32.7 Å². The van der Waals surface area contributed by atoms with Crippen LogP contribution in [-0.4, -0.2) is 83.7 Å². The van der Waals surface area contributed by atoms with Crippen LogP contribution in [0, 0.1) is 19.8 Å². The molecule has 0 unspecified atom stereocenters. The maximum absolute atomic E-state index is 13.5. The SMILES string of the molecule is COc1ccc2cc1OCCN(C(=O)c1cccn1C(F)F)CCCNC(=O)[C@H]1CN(C(=O)c3c(C)noc3C)C[C@H]21. The zero-order valence-electron chi connectivity index (χ0n) is 23.6. The minimum atomic E-state index is -2.86. The van der Waals surface area contributed by atoms with E-state index in [1.54, 1.807) is 30.9 Å². The fraction of sp³-hybridized carbons (Fsp3) is 0.448. The number of rotatable bonds is 4. The molecular formula is C29H33F2N5O6. The lowest BCUT2D eigenvalue weighted by atomic mass is 9.88. The molecule has 5 rings (SSSR count). The van der Waals surface area contributed by atoms with E-state index in [0.29, 0.717) is 46.0 Å². The number of amides is 3. The molecular weight excluding hydrogens is 552 g/mol. The maximum atomic E-state index is 13.5. The summed E-state index contributed by atoms with van der Waals surface area (Å²) in [6, 6.07) is 8.12. The molecule has 0 saturated carbocycles. The standard InChI is InChI=1S/C29H33F2N5O6/c1-17-25(18(2)42-33-17)28(39)35-15-20-19-7-8-23(40-3)24(14-19)41-13-12-34(10-5-9-32-26(37)21(20)16-35)27(38)22-6-4-11-36(22)29(30)31/h4,6-8,11,14,20-21,29H,5,9-10,12-13,15-16H2,1-3H3,(H,32,37)/t20-,21+/m1/s1. The van der Waals surface area contributed by atoms with E-state index in [9.17, 15) is 23.2 Å². The number of nitrogens with zero attached hydrogens (tertiary/aromatic N) is 4. The molecule has 42 heavy (non-hydrogen) atoms. The number of fused-ring (bicyclic) bond motifs is 4. The summed E-state index contributed by atoms with van der Waals surface area (Å²) in [7, 11) is 1.50. The van der Waals surface area contributed by atoms with E-state index in [1.807, 2.05) is 6.07 Å². The van der Waals surface area contributed by atoms with Crippen molar-refractivity contribution in [1.29, 1.82) is 0 Å². The van der Waals surface area contributed by atoms with Gasteiger partial charge >= 0.3 is 6.55 Å². The number of hydrogen-bond donors (Lipinski definition) is 1. The molecule has 3 aromatic rings. The summed E-state index contributed by atoms with van der Waals surface area (Å²) in [5, 5.41) is 6.85. The molecule has 0 aliphatic carbocycles. The van der Waals surface area contributed by atoms with E-state index in [1.165, 1.54) is 24.1 Å². The number of hydrogen-bond acceptors (Lipinski definition) is 7. The summed E-state index contributed by atoms with van der Waals surface area (Å²) >= 11 is 0. The van der Waals surface area contributed by atoms with Gasteiger partial charge in [0, 0.05) is 38.3 Å². The highest BCUT2D eigenvalue weighted by atomic mass is 19.3. The molecule has 1 aromatic carbocycles. The van der Waals surface area contributed by atoms with Crippen LogP contribution in [0.1, 0.15) is 56.8 Å². The van der Waals surface area contributed by atoms with E-state index in [0.717, 1.165) is 11.8 Å². The smallest absolute Gasteiger partial charge is 0.319 e. The van der Waals surface area contributed by atoms with Gasteiger partial charge in [-0.05, 0) is 50.1 Å². The fourth-order valence-corrected chi connectivity index (χ4v) is 5.66. The Kier molecular flexibility index (Phi) is 8.46. The molecule has 2 aliphatic rings. The number of carbonyl (C=O) groups excluding carboxylic acids is 3. The topological polar surface area (TPSA) is 119 Å². The van der Waals surface area contributed by atoms with Gasteiger partial charge in [-0.1, -0.05) is 11.2 Å². The van der Waals surface area contributed by atoms with Crippen LogP contribution in [0.25, 0.3) is 0 Å². The van der Waals surface area contributed by atoms with Crippen molar-refractivity contribution in [1.82, 2.24) is 24.8 Å². The van der Waals surface area contributed by atoms with Crippen LogP contribution in [0.5, 0.6) is 11.5 Å². The zero-order valence-corrected chi connectivity index (χ0v) is 23.6. The van der Waals surface area contributed by atoms with Crippen molar-refractivity contribution in [3.8, 4) is 11.5 Å². The van der Waals surface area contributed by atoms with Crippen LogP contribution in [0.2, 0.25) is 0 Å². The first-order valence-corrected chi connectivity index (χ1v) is 13.7. The number of ether oxygens (including phenoxy) is 2. The summed E-state index contributed by atoms with van der Waals surface area (Å²) in [4.78, 5) is 43.3. The Hall–Kier alpha value is -4.42. The Morgan fingerprint density at radius 2 is 1.88 bits per heavy atom. The second kappa shape index (κ2) is 12.2. The molecule has 3 amide bonds. The Morgan fingerprint density at radius 1 is 1.10 bits per heavy atom. The lowest BCUT2D eigenvalue weighted by Crippen LogP contribution is -2.40. The fourth-order valence-electron chi connectivity index (χ4n) is 5.66. The molecule has 4 heterocycles. The van der Waals surface area contributed by atoms with Gasteiger partial charge < -0.3 is 29.1 Å². The molecule has 2 bridgehead atoms. The van der Waals surface area contributed by atoms with E-state index in [-0.39, 0.29) is 56.2 Å². The molecule has 2 aromatic heterocycles. The maximum Gasteiger partial charge on any atom is 0.319 e. The number of likely N-dealkylation sites (tertiary alicyclic amines) is 1. The van der Waals surface area contributed by atoms with E-state index in [2.05, 4.69) is 10.5 Å². The van der Waals surface area contributed by atoms with Crippen molar-refractivity contribution < 1.29 is 37.2 Å². The van der Waals surface area contributed by atoms with E-state index < -0.39 is 18.4 Å². The van der Waals surface area contributed by atoms with Crippen LogP contribution < -0.4 is 14.8 Å². The predicted molar refractivity (Wildman–Crippen MR) is 146 cm³/mol. The van der Waals surface area contributed by atoms with Gasteiger partial charge in [0.1, 0.15) is 23.6 Å². The van der Waals surface area contributed by atoms with Gasteiger partial charge in [0.15, 0.2) is 11.5 Å².